The zero-order valence-electron chi connectivity index (χ0n) is 20.5. The van der Waals surface area contributed by atoms with Gasteiger partial charge < -0.3 is 34.7 Å². The molecule has 6 heterocycles. The predicted molar refractivity (Wildman–Crippen MR) is 146 cm³/mol. The lowest BCUT2D eigenvalue weighted by molar-refractivity contribution is -0.0453. The van der Waals surface area contributed by atoms with Gasteiger partial charge in [-0.3, -0.25) is 23.4 Å². The number of aromatic nitrogens is 8. The number of halogens is 1. The fourth-order valence-corrected chi connectivity index (χ4v) is 6.91. The molecule has 23 heteroatoms. The third kappa shape index (κ3) is 5.50. The minimum Gasteiger partial charge on any atom is -0.382 e. The molecule has 0 saturated carbocycles. The van der Waals surface area contributed by atoms with E-state index in [4.69, 9.17) is 46.1 Å². The Hall–Kier alpha value is -2.58. The highest BCUT2D eigenvalue weighted by Crippen LogP contribution is 2.58. The number of fused-ring (bicyclic) bond motifs is 6. The molecule has 41 heavy (non-hydrogen) atoms. The van der Waals surface area contributed by atoms with E-state index in [-0.39, 0.29) is 47.4 Å². The van der Waals surface area contributed by atoms with Gasteiger partial charge in [0.1, 0.15) is 31.0 Å². The van der Waals surface area contributed by atoms with Crippen LogP contribution in [0, 0.1) is 0 Å². The van der Waals surface area contributed by atoms with Crippen LogP contribution in [-0.4, -0.2) is 75.5 Å². The van der Waals surface area contributed by atoms with Crippen LogP contribution >= 0.6 is 25.8 Å². The van der Waals surface area contributed by atoms with Crippen molar-refractivity contribution in [2.45, 2.75) is 37.8 Å². The quantitative estimate of drug-likeness (QED) is 0.140. The molecule has 0 amide bonds. The SMILES string of the molecule is Nc1nc2c(ncn2[C@H]2O[C@@H]3COP(O)(=S)OCCn4c(nc5c(N)ncnc54)COP(=O)(S)O[C@@H]2[C@@H]3F)c(=O)[nH]1. The standard InChI is InChI=1S/C18H21FN10O8P2S2/c19-9-7-3-34-38(31,40)33-2-1-28-8(25-10-13(20)22-5-23-14(10)28)4-35-39(32,41)37-12(9)17(36-7)29-6-24-11-15(29)26-18(21)27-16(11)30/h5-7,9,12,17H,1-4H2,(H,31,40)(H,32,41)(H2,20,22,23)(H3,21,26,27,30)/t7-,9-,12-,17+,38?,39?/m1/s1. The minimum absolute atomic E-state index is 0.0466. The summed E-state index contributed by atoms with van der Waals surface area (Å²) in [5.74, 6) is 0.00799. The van der Waals surface area contributed by atoms with E-state index >= 15 is 4.39 Å². The third-order valence-electron chi connectivity index (χ3n) is 6.21. The topological polar surface area (TPSA) is 243 Å². The summed E-state index contributed by atoms with van der Waals surface area (Å²) in [7, 11) is 0. The van der Waals surface area contributed by atoms with Crippen LogP contribution in [0.5, 0.6) is 0 Å². The van der Waals surface area contributed by atoms with E-state index in [0.29, 0.717) is 5.65 Å². The van der Waals surface area contributed by atoms with Gasteiger partial charge in [-0.2, -0.15) is 4.98 Å². The number of nitrogens with two attached hydrogens (primary N) is 2. The first kappa shape index (κ1) is 28.5. The summed E-state index contributed by atoms with van der Waals surface area (Å²) in [4.78, 5) is 45.7. The molecule has 220 valence electrons. The molecule has 0 aliphatic carbocycles. The maximum atomic E-state index is 15.8. The van der Waals surface area contributed by atoms with Gasteiger partial charge in [0, 0.05) is 6.54 Å². The third-order valence-corrected chi connectivity index (χ3v) is 9.42. The molecule has 2 unspecified atom stereocenters. The highest BCUT2D eigenvalue weighted by Gasteiger charge is 2.51. The van der Waals surface area contributed by atoms with Crippen molar-refractivity contribution in [1.82, 2.24) is 39.0 Å². The van der Waals surface area contributed by atoms with Crippen molar-refractivity contribution in [1.29, 1.82) is 0 Å². The normalized spacial score (nSPS) is 31.6. The van der Waals surface area contributed by atoms with E-state index in [1.165, 1.54) is 15.5 Å². The van der Waals surface area contributed by atoms with E-state index in [2.05, 4.69) is 42.2 Å². The number of imidazole rings is 2. The molecule has 4 aromatic rings. The second-order valence-corrected chi connectivity index (χ2v) is 14.5. The van der Waals surface area contributed by atoms with Crippen molar-refractivity contribution < 1.29 is 36.7 Å². The smallest absolute Gasteiger partial charge is 0.382 e. The maximum Gasteiger partial charge on any atom is 0.387 e. The number of H-pyrrole nitrogens is 1. The Morgan fingerprint density at radius 2 is 1.98 bits per heavy atom. The molecular weight excluding hydrogens is 629 g/mol. The number of ether oxygens (including phenoxy) is 1. The van der Waals surface area contributed by atoms with Crippen LogP contribution in [0.1, 0.15) is 12.1 Å². The molecule has 1 fully saturated rings. The molecule has 6 N–H and O–H groups in total. The van der Waals surface area contributed by atoms with E-state index in [9.17, 15) is 14.3 Å². The van der Waals surface area contributed by atoms with Gasteiger partial charge in [-0.05, 0) is 11.8 Å². The lowest BCUT2D eigenvalue weighted by atomic mass is 10.1. The summed E-state index contributed by atoms with van der Waals surface area (Å²) in [6.07, 6.45) is -4.12. The summed E-state index contributed by atoms with van der Waals surface area (Å²) >= 11 is 9.13. The van der Waals surface area contributed by atoms with Gasteiger partial charge in [-0.1, -0.05) is 12.2 Å². The number of hydrogen-bond donors (Lipinski definition) is 5. The molecule has 0 aromatic carbocycles. The Kier molecular flexibility index (Phi) is 7.38. The second-order valence-electron chi connectivity index (χ2n) is 8.81. The van der Waals surface area contributed by atoms with Crippen LogP contribution in [0.15, 0.2) is 17.4 Å². The van der Waals surface area contributed by atoms with E-state index in [0.717, 1.165) is 6.33 Å². The number of hydrogen-bond acceptors (Lipinski definition) is 15. The Balaban J connectivity index is 1.39. The summed E-state index contributed by atoms with van der Waals surface area (Å²) in [5.41, 5.74) is 11.3. The monoisotopic (exact) mass is 650 g/mol. The number of nitrogen functional groups attached to an aromatic ring is 2. The molecule has 2 aliphatic rings. The van der Waals surface area contributed by atoms with Crippen LogP contribution in [0.2, 0.25) is 0 Å². The maximum absolute atomic E-state index is 15.8. The van der Waals surface area contributed by atoms with Gasteiger partial charge in [-0.15, -0.1) is 0 Å². The first-order chi connectivity index (χ1) is 19.4. The summed E-state index contributed by atoms with van der Waals surface area (Å²) in [5, 5.41) is 0. The zero-order chi connectivity index (χ0) is 29.1. The Morgan fingerprint density at radius 3 is 2.78 bits per heavy atom. The van der Waals surface area contributed by atoms with Crippen molar-refractivity contribution >= 4 is 71.7 Å². The summed E-state index contributed by atoms with van der Waals surface area (Å²) in [6.45, 7) is -9.38. The predicted octanol–water partition coefficient (Wildman–Crippen LogP) is 0.563. The summed E-state index contributed by atoms with van der Waals surface area (Å²) in [6, 6.07) is 0. The van der Waals surface area contributed by atoms with Crippen molar-refractivity contribution in [2.75, 3.05) is 24.7 Å². The number of alkyl halides is 1. The van der Waals surface area contributed by atoms with Crippen LogP contribution in [-0.2, 0) is 52.4 Å². The lowest BCUT2D eigenvalue weighted by Gasteiger charge is -2.24. The van der Waals surface area contributed by atoms with Gasteiger partial charge >= 0.3 is 13.5 Å². The lowest BCUT2D eigenvalue weighted by Crippen LogP contribution is -2.32. The first-order valence-corrected chi connectivity index (χ1v) is 17.0. The number of thiol groups is 1. The fourth-order valence-electron chi connectivity index (χ4n) is 4.42. The fraction of sp³-hybridized carbons (Fsp3) is 0.444. The molecule has 6 rings (SSSR count). The van der Waals surface area contributed by atoms with Crippen LogP contribution in [0.4, 0.5) is 16.2 Å². The molecule has 4 aromatic heterocycles. The summed E-state index contributed by atoms with van der Waals surface area (Å²) < 4.78 is 59.6. The number of anilines is 2. The zero-order valence-corrected chi connectivity index (χ0v) is 24.0. The Bertz CT molecular complexity index is 1800. The van der Waals surface area contributed by atoms with Gasteiger partial charge in [0.2, 0.25) is 5.95 Å². The van der Waals surface area contributed by atoms with Crippen molar-refractivity contribution in [2.24, 2.45) is 0 Å². The number of rotatable bonds is 1. The molecule has 0 radical (unpaired) electrons. The van der Waals surface area contributed by atoms with Crippen LogP contribution < -0.4 is 17.0 Å². The van der Waals surface area contributed by atoms with E-state index in [1.807, 2.05) is 0 Å². The van der Waals surface area contributed by atoms with Gasteiger partial charge in [0.25, 0.3) is 5.56 Å². The number of aromatic amines is 1. The molecule has 6 atom stereocenters. The highest BCUT2D eigenvalue weighted by atomic mass is 32.7. The molecule has 18 nitrogen and oxygen atoms in total. The highest BCUT2D eigenvalue weighted by molar-refractivity contribution is 8.44. The first-order valence-electron chi connectivity index (χ1n) is 11.7. The molecule has 0 spiro atoms. The number of nitrogens with zero attached hydrogens (tertiary/aromatic N) is 7. The Labute approximate surface area is 238 Å². The van der Waals surface area contributed by atoms with Gasteiger partial charge in [0.15, 0.2) is 40.5 Å². The van der Waals surface area contributed by atoms with E-state index in [1.54, 1.807) is 0 Å². The van der Waals surface area contributed by atoms with Gasteiger partial charge in [0.05, 0.1) is 19.5 Å². The van der Waals surface area contributed by atoms with Crippen LogP contribution in [0.25, 0.3) is 22.3 Å². The molecule has 1 saturated heterocycles. The van der Waals surface area contributed by atoms with Crippen molar-refractivity contribution in [3.05, 3.63) is 28.8 Å². The van der Waals surface area contributed by atoms with Crippen molar-refractivity contribution in [3.63, 3.8) is 0 Å². The molecule has 2 aliphatic heterocycles. The largest absolute Gasteiger partial charge is 0.387 e. The minimum atomic E-state index is -4.34. The van der Waals surface area contributed by atoms with Crippen LogP contribution in [0.3, 0.4) is 0 Å². The van der Waals surface area contributed by atoms with E-state index < -0.39 is 56.9 Å². The molecule has 2 bridgehead atoms. The second kappa shape index (κ2) is 10.6. The average molecular weight is 651 g/mol. The average Bonchev–Trinajstić information content (AvgIpc) is 3.56. The van der Waals surface area contributed by atoms with Crippen molar-refractivity contribution in [3.8, 4) is 0 Å². The molecular formula is C18H21FN10O8P2S2. The Morgan fingerprint density at radius 1 is 1.17 bits per heavy atom. The van der Waals surface area contributed by atoms with Gasteiger partial charge in [-0.25, -0.2) is 28.9 Å². The number of nitrogens with one attached hydrogen (secondary N) is 1.